The van der Waals surface area contributed by atoms with Crippen molar-refractivity contribution in [3.8, 4) is 28.1 Å². The number of hydrogen-bond acceptors (Lipinski definition) is 10. The maximum Gasteiger partial charge on any atom is 0.262 e. The molecule has 0 bridgehead atoms. The molecule has 0 aliphatic carbocycles. The van der Waals surface area contributed by atoms with Crippen LogP contribution in [0.5, 0.6) is 5.75 Å². The molecule has 0 spiro atoms. The monoisotopic (exact) mass is 617 g/mol. The Balaban J connectivity index is 0.986. The highest BCUT2D eigenvalue weighted by Gasteiger charge is 2.44. The number of amides is 4. The molecule has 5 N–H and O–H groups in total. The van der Waals surface area contributed by atoms with Crippen LogP contribution in [0.25, 0.3) is 22.4 Å². The highest BCUT2D eigenvalue weighted by Crippen LogP contribution is 2.34. The number of phenols is 1. The Bertz CT molecular complexity index is 1890. The number of phenolic OH excluding ortho intramolecular Hbond substituents is 1. The molecule has 3 aromatic carbocycles. The molecule has 232 valence electrons. The molecule has 4 amide bonds. The second kappa shape index (κ2) is 11.6. The highest BCUT2D eigenvalue weighted by molar-refractivity contribution is 6.23. The predicted octanol–water partition coefficient (Wildman–Crippen LogP) is 3.58. The molecule has 2 saturated heterocycles. The zero-order chi connectivity index (χ0) is 31.9. The van der Waals surface area contributed by atoms with Crippen LogP contribution in [-0.2, 0) is 9.59 Å². The first kappa shape index (κ1) is 29.0. The molecular formula is C34H31N7O5. The van der Waals surface area contributed by atoms with Gasteiger partial charge in [-0.2, -0.15) is 0 Å². The SMILES string of the molecule is Nc1nnc(-c2ccccc2O)cc1-c1ccc(NC2CCN(c3ccc4c(c3)C(=O)N(C3CCC(=O)NC3=O)C4=O)CC2)cc1. The Labute approximate surface area is 264 Å². The number of aromatic hydroxyl groups is 1. The fraction of sp³-hybridized carbons (Fsp3) is 0.235. The number of imide groups is 2. The van der Waals surface area contributed by atoms with E-state index in [-0.39, 0.29) is 35.8 Å². The number of aromatic nitrogens is 2. The van der Waals surface area contributed by atoms with Crippen LogP contribution in [0.4, 0.5) is 17.2 Å². The summed E-state index contributed by atoms with van der Waals surface area (Å²) >= 11 is 0. The van der Waals surface area contributed by atoms with Crippen LogP contribution in [0.1, 0.15) is 46.4 Å². The average molecular weight is 618 g/mol. The number of nitrogens with one attached hydrogen (secondary N) is 2. The van der Waals surface area contributed by atoms with Crippen molar-refractivity contribution >= 4 is 40.8 Å². The molecule has 12 nitrogen and oxygen atoms in total. The van der Waals surface area contributed by atoms with E-state index in [1.807, 2.05) is 42.5 Å². The van der Waals surface area contributed by atoms with Gasteiger partial charge in [-0.15, -0.1) is 10.2 Å². The van der Waals surface area contributed by atoms with E-state index in [9.17, 15) is 24.3 Å². The number of hydrogen-bond donors (Lipinski definition) is 4. The molecule has 1 aromatic heterocycles. The van der Waals surface area contributed by atoms with Gasteiger partial charge in [-0.3, -0.25) is 29.4 Å². The molecule has 46 heavy (non-hydrogen) atoms. The third-order valence-corrected chi connectivity index (χ3v) is 8.85. The summed E-state index contributed by atoms with van der Waals surface area (Å²) in [4.78, 5) is 53.4. The lowest BCUT2D eigenvalue weighted by Crippen LogP contribution is -2.54. The second-order valence-corrected chi connectivity index (χ2v) is 11.7. The molecule has 0 saturated carbocycles. The molecule has 0 radical (unpaired) electrons. The summed E-state index contributed by atoms with van der Waals surface area (Å²) in [5.74, 6) is -1.61. The lowest BCUT2D eigenvalue weighted by atomic mass is 10.0. The lowest BCUT2D eigenvalue weighted by Gasteiger charge is -2.34. The molecule has 4 aromatic rings. The number of rotatable bonds is 6. The Hall–Kier alpha value is -5.78. The van der Waals surface area contributed by atoms with Gasteiger partial charge < -0.3 is 21.1 Å². The first-order valence-electron chi connectivity index (χ1n) is 15.2. The molecular weight excluding hydrogens is 586 g/mol. The van der Waals surface area contributed by atoms with Crippen LogP contribution in [0.15, 0.2) is 72.8 Å². The normalized spacial score (nSPS) is 18.5. The van der Waals surface area contributed by atoms with Crippen molar-refractivity contribution in [2.24, 2.45) is 0 Å². The summed E-state index contributed by atoms with van der Waals surface area (Å²) in [6.07, 6.45) is 1.93. The van der Waals surface area contributed by atoms with Gasteiger partial charge in [0.05, 0.1) is 16.8 Å². The summed E-state index contributed by atoms with van der Waals surface area (Å²) in [5.41, 5.74) is 11.2. The minimum atomic E-state index is -0.982. The van der Waals surface area contributed by atoms with Crippen LogP contribution in [0.3, 0.4) is 0 Å². The fourth-order valence-electron chi connectivity index (χ4n) is 6.37. The zero-order valence-corrected chi connectivity index (χ0v) is 24.8. The maximum absolute atomic E-state index is 13.2. The third kappa shape index (κ3) is 5.27. The third-order valence-electron chi connectivity index (χ3n) is 8.85. The van der Waals surface area contributed by atoms with Gasteiger partial charge in [-0.25, -0.2) is 0 Å². The van der Waals surface area contributed by atoms with Crippen molar-refractivity contribution in [3.63, 3.8) is 0 Å². The molecule has 1 atom stereocenters. The lowest BCUT2D eigenvalue weighted by molar-refractivity contribution is -0.136. The summed E-state index contributed by atoms with van der Waals surface area (Å²) < 4.78 is 0. The van der Waals surface area contributed by atoms with E-state index in [1.54, 1.807) is 30.3 Å². The van der Waals surface area contributed by atoms with E-state index >= 15 is 0 Å². The van der Waals surface area contributed by atoms with Gasteiger partial charge in [-0.1, -0.05) is 24.3 Å². The minimum Gasteiger partial charge on any atom is -0.507 e. The summed E-state index contributed by atoms with van der Waals surface area (Å²) in [6, 6.07) is 21.2. The molecule has 3 aliphatic heterocycles. The van der Waals surface area contributed by atoms with Gasteiger partial charge in [0.15, 0.2) is 5.82 Å². The van der Waals surface area contributed by atoms with Gasteiger partial charge in [0.25, 0.3) is 11.8 Å². The largest absolute Gasteiger partial charge is 0.507 e. The van der Waals surface area contributed by atoms with Crippen LogP contribution in [-0.4, -0.2) is 69.0 Å². The van der Waals surface area contributed by atoms with Crippen molar-refractivity contribution in [1.82, 2.24) is 20.4 Å². The summed E-state index contributed by atoms with van der Waals surface area (Å²) in [5, 5.41) is 24.3. The average Bonchev–Trinajstić information content (AvgIpc) is 3.31. The Morgan fingerprint density at radius 1 is 0.804 bits per heavy atom. The maximum atomic E-state index is 13.2. The summed E-state index contributed by atoms with van der Waals surface area (Å²) in [7, 11) is 0. The minimum absolute atomic E-state index is 0.0841. The van der Waals surface area contributed by atoms with Gasteiger partial charge in [0, 0.05) is 48.1 Å². The number of piperidine rings is 2. The van der Waals surface area contributed by atoms with E-state index in [1.165, 1.54) is 0 Å². The van der Waals surface area contributed by atoms with Crippen LogP contribution in [0.2, 0.25) is 0 Å². The number of nitrogens with zero attached hydrogens (tertiary/aromatic N) is 4. The van der Waals surface area contributed by atoms with Gasteiger partial charge in [-0.05, 0) is 73.4 Å². The van der Waals surface area contributed by atoms with Crippen LogP contribution < -0.4 is 21.3 Å². The van der Waals surface area contributed by atoms with Gasteiger partial charge in [0.2, 0.25) is 11.8 Å². The highest BCUT2D eigenvalue weighted by atomic mass is 16.3. The number of carbonyl (C=O) groups is 4. The van der Waals surface area contributed by atoms with E-state index in [4.69, 9.17) is 5.73 Å². The number of anilines is 3. The van der Waals surface area contributed by atoms with Crippen molar-refractivity contribution in [3.05, 3.63) is 83.9 Å². The predicted molar refractivity (Wildman–Crippen MR) is 171 cm³/mol. The van der Waals surface area contributed by atoms with Crippen molar-refractivity contribution < 1.29 is 24.3 Å². The van der Waals surface area contributed by atoms with Gasteiger partial charge >= 0.3 is 0 Å². The first-order valence-corrected chi connectivity index (χ1v) is 15.2. The van der Waals surface area contributed by atoms with Crippen molar-refractivity contribution in [2.75, 3.05) is 29.0 Å². The zero-order valence-electron chi connectivity index (χ0n) is 24.8. The molecule has 2 fully saturated rings. The molecule has 1 unspecified atom stereocenters. The van der Waals surface area contributed by atoms with Crippen LogP contribution >= 0.6 is 0 Å². The Kier molecular flexibility index (Phi) is 7.31. The van der Waals surface area contributed by atoms with E-state index in [0.29, 0.717) is 17.1 Å². The van der Waals surface area contributed by atoms with E-state index in [0.717, 1.165) is 53.3 Å². The Morgan fingerprint density at radius 2 is 1.54 bits per heavy atom. The number of benzene rings is 3. The Morgan fingerprint density at radius 3 is 2.28 bits per heavy atom. The number of carbonyl (C=O) groups excluding carboxylic acids is 4. The molecule has 7 rings (SSSR count). The van der Waals surface area contributed by atoms with Crippen LogP contribution in [0, 0.1) is 0 Å². The smallest absolute Gasteiger partial charge is 0.262 e. The summed E-state index contributed by atoms with van der Waals surface area (Å²) in [6.45, 7) is 1.50. The number of nitrogens with two attached hydrogens (primary N) is 1. The second-order valence-electron chi connectivity index (χ2n) is 11.7. The molecule has 3 aliphatic rings. The van der Waals surface area contributed by atoms with E-state index in [2.05, 4.69) is 25.7 Å². The molecule has 4 heterocycles. The number of para-hydroxylation sites is 1. The number of fused-ring (bicyclic) bond motifs is 1. The van der Waals surface area contributed by atoms with Crippen molar-refractivity contribution in [2.45, 2.75) is 37.8 Å². The standard InChI is InChI=1S/C34H31N7O5/c35-31-25(18-27(38-39-31)24-3-1-2-4-29(24)42)19-5-7-20(8-6-19)36-21-13-15-40(16-14-21)22-9-10-23-26(17-22)34(46)41(33(23)45)28-11-12-30(43)37-32(28)44/h1-10,17-18,21,28,36,42H,11-16H2,(H2,35,39)(H,37,43,44). The molecule has 12 heteroatoms. The van der Waals surface area contributed by atoms with Crippen molar-refractivity contribution in [1.29, 1.82) is 0 Å². The van der Waals surface area contributed by atoms with E-state index < -0.39 is 29.7 Å². The number of nitrogen functional groups attached to an aromatic ring is 1. The van der Waals surface area contributed by atoms with Gasteiger partial charge in [0.1, 0.15) is 11.8 Å². The topological polar surface area (TPSA) is 171 Å². The fourth-order valence-corrected chi connectivity index (χ4v) is 6.37. The first-order chi connectivity index (χ1) is 22.3. The quantitative estimate of drug-likeness (QED) is 0.235.